The minimum Gasteiger partial charge on any atom is -0.329 e. The van der Waals surface area contributed by atoms with E-state index in [0.29, 0.717) is 5.92 Å². The molecule has 1 saturated carbocycles. The first kappa shape index (κ1) is 21.1. The van der Waals surface area contributed by atoms with Crippen LogP contribution in [0.5, 0.6) is 0 Å². The molecule has 0 bridgehead atoms. The maximum absolute atomic E-state index is 4.53. The molecule has 1 atom stereocenters. The molecule has 1 aromatic rings. The lowest BCUT2D eigenvalue weighted by atomic mass is 9.89. The maximum Gasteiger partial charge on any atom is 0.128 e. The molecule has 0 N–H and O–H groups in total. The van der Waals surface area contributed by atoms with E-state index in [2.05, 4.69) is 97.2 Å². The molecule has 4 rings (SSSR count). The Hall–Kier alpha value is -3.14. The molecule has 4 nitrogen and oxygen atoms in total. The summed E-state index contributed by atoms with van der Waals surface area (Å²) in [5, 5.41) is 7.87. The molecule has 0 spiro atoms. The summed E-state index contributed by atoms with van der Waals surface area (Å²) in [7, 11) is 0. The van der Waals surface area contributed by atoms with Crippen molar-refractivity contribution in [2.24, 2.45) is 16.1 Å². The fourth-order valence-corrected chi connectivity index (χ4v) is 4.57. The zero-order valence-corrected chi connectivity index (χ0v) is 19.2. The van der Waals surface area contributed by atoms with Gasteiger partial charge in [0.1, 0.15) is 5.84 Å². The van der Waals surface area contributed by atoms with Crippen LogP contribution in [0.3, 0.4) is 0 Å². The summed E-state index contributed by atoms with van der Waals surface area (Å²) >= 11 is 0. The van der Waals surface area contributed by atoms with Crippen LogP contribution in [0, 0.1) is 12.8 Å². The molecule has 3 aliphatic rings. The lowest BCUT2D eigenvalue weighted by molar-refractivity contribution is 0.386. The zero-order chi connectivity index (χ0) is 22.3. The molecule has 0 amide bonds. The van der Waals surface area contributed by atoms with E-state index in [4.69, 9.17) is 0 Å². The molecular weight excluding hydrogens is 380 g/mol. The van der Waals surface area contributed by atoms with Crippen molar-refractivity contribution in [1.29, 1.82) is 0 Å². The zero-order valence-electron chi connectivity index (χ0n) is 19.2. The van der Waals surface area contributed by atoms with Gasteiger partial charge in [-0.1, -0.05) is 48.6 Å². The highest BCUT2D eigenvalue weighted by Crippen LogP contribution is 2.52. The smallest absolute Gasteiger partial charge is 0.128 e. The highest BCUT2D eigenvalue weighted by molar-refractivity contribution is 5.81. The van der Waals surface area contributed by atoms with Crippen LogP contribution in [-0.4, -0.2) is 28.9 Å². The average molecular weight is 413 g/mol. The highest BCUT2D eigenvalue weighted by atomic mass is 15.3. The molecule has 160 valence electrons. The minimum absolute atomic E-state index is 0.0752. The van der Waals surface area contributed by atoms with Crippen molar-refractivity contribution in [2.45, 2.75) is 46.6 Å². The van der Waals surface area contributed by atoms with Crippen LogP contribution >= 0.6 is 0 Å². The predicted molar refractivity (Wildman–Crippen MR) is 131 cm³/mol. The van der Waals surface area contributed by atoms with E-state index in [-0.39, 0.29) is 6.04 Å². The molecule has 1 aliphatic carbocycles. The number of allylic oxidation sites excluding steroid dienone is 2. The van der Waals surface area contributed by atoms with E-state index in [0.717, 1.165) is 23.8 Å². The number of amidine groups is 1. The summed E-state index contributed by atoms with van der Waals surface area (Å²) in [6, 6.07) is 8.94. The van der Waals surface area contributed by atoms with Crippen molar-refractivity contribution in [3.05, 3.63) is 94.5 Å². The van der Waals surface area contributed by atoms with E-state index in [9.17, 15) is 0 Å². The SMILES string of the molecule is C=N/N=C(/C)N1C=C(N2C(=C)C(C)=C(C(=C)C3CC3)C2c2ccc(C)cc2)C=C(C)C1. The third-order valence-corrected chi connectivity index (χ3v) is 6.48. The quantitative estimate of drug-likeness (QED) is 0.323. The first-order valence-electron chi connectivity index (χ1n) is 10.9. The van der Waals surface area contributed by atoms with Gasteiger partial charge in [0.2, 0.25) is 0 Å². The van der Waals surface area contributed by atoms with Gasteiger partial charge in [-0.2, -0.15) is 5.10 Å². The van der Waals surface area contributed by atoms with Gasteiger partial charge in [-0.15, -0.1) is 5.10 Å². The van der Waals surface area contributed by atoms with E-state index >= 15 is 0 Å². The Bertz CT molecular complexity index is 1060. The normalized spacial score (nSPS) is 22.0. The third-order valence-electron chi connectivity index (χ3n) is 6.48. The van der Waals surface area contributed by atoms with Crippen LogP contribution in [0.4, 0.5) is 0 Å². The summed E-state index contributed by atoms with van der Waals surface area (Å²) in [4.78, 5) is 4.50. The molecule has 2 heterocycles. The lowest BCUT2D eigenvalue weighted by Gasteiger charge is -2.35. The van der Waals surface area contributed by atoms with Gasteiger partial charge in [0.25, 0.3) is 0 Å². The van der Waals surface area contributed by atoms with E-state index in [1.807, 2.05) is 6.92 Å². The van der Waals surface area contributed by atoms with Crippen LogP contribution in [0.15, 0.2) is 93.6 Å². The molecular formula is C27H32N4. The number of aryl methyl sites for hydroxylation is 1. The van der Waals surface area contributed by atoms with E-state index in [1.165, 1.54) is 46.3 Å². The number of hydrogen-bond donors (Lipinski definition) is 0. The molecule has 0 radical (unpaired) electrons. The van der Waals surface area contributed by atoms with Gasteiger partial charge in [-0.25, -0.2) is 0 Å². The Morgan fingerprint density at radius 2 is 1.77 bits per heavy atom. The van der Waals surface area contributed by atoms with Crippen molar-refractivity contribution in [1.82, 2.24) is 9.80 Å². The van der Waals surface area contributed by atoms with Crippen molar-refractivity contribution < 1.29 is 0 Å². The van der Waals surface area contributed by atoms with Crippen molar-refractivity contribution >= 4 is 12.6 Å². The van der Waals surface area contributed by atoms with Gasteiger partial charge in [0.05, 0.1) is 11.7 Å². The summed E-state index contributed by atoms with van der Waals surface area (Å²) < 4.78 is 0. The van der Waals surface area contributed by atoms with E-state index < -0.39 is 0 Å². The Labute approximate surface area is 186 Å². The number of nitrogens with zero attached hydrogens (tertiary/aromatic N) is 4. The summed E-state index contributed by atoms with van der Waals surface area (Å²) in [5.41, 5.74) is 9.78. The Morgan fingerprint density at radius 1 is 1.10 bits per heavy atom. The average Bonchev–Trinajstić information content (AvgIpc) is 3.55. The van der Waals surface area contributed by atoms with Crippen LogP contribution < -0.4 is 0 Å². The summed E-state index contributed by atoms with van der Waals surface area (Å²) in [6.45, 7) is 21.8. The predicted octanol–water partition coefficient (Wildman–Crippen LogP) is 6.29. The molecule has 1 fully saturated rings. The molecule has 1 aromatic carbocycles. The maximum atomic E-state index is 4.53. The third kappa shape index (κ3) is 3.95. The number of benzene rings is 1. The number of rotatable bonds is 5. The van der Waals surface area contributed by atoms with Crippen molar-refractivity contribution in [3.8, 4) is 0 Å². The van der Waals surface area contributed by atoms with Crippen molar-refractivity contribution in [2.75, 3.05) is 6.54 Å². The minimum atomic E-state index is 0.0752. The van der Waals surface area contributed by atoms with Gasteiger partial charge >= 0.3 is 0 Å². The molecule has 2 aliphatic heterocycles. The molecule has 0 aromatic heterocycles. The lowest BCUT2D eigenvalue weighted by Crippen LogP contribution is -2.32. The van der Waals surface area contributed by atoms with Crippen LogP contribution in [0.1, 0.15) is 50.8 Å². The molecule has 4 heteroatoms. The van der Waals surface area contributed by atoms with Crippen LogP contribution in [-0.2, 0) is 0 Å². The van der Waals surface area contributed by atoms with Gasteiger partial charge in [-0.3, -0.25) is 0 Å². The van der Waals surface area contributed by atoms with E-state index in [1.54, 1.807) is 0 Å². The summed E-state index contributed by atoms with van der Waals surface area (Å²) in [6.07, 6.45) is 6.89. The fraction of sp³-hybridized carbons (Fsp3) is 0.333. The van der Waals surface area contributed by atoms with Gasteiger partial charge in [-0.05, 0) is 74.8 Å². The Morgan fingerprint density at radius 3 is 2.39 bits per heavy atom. The van der Waals surface area contributed by atoms with Gasteiger partial charge in [0, 0.05) is 25.2 Å². The second-order valence-electron chi connectivity index (χ2n) is 8.93. The molecule has 31 heavy (non-hydrogen) atoms. The molecule has 0 saturated heterocycles. The van der Waals surface area contributed by atoms with Crippen LogP contribution in [0.2, 0.25) is 0 Å². The second-order valence-corrected chi connectivity index (χ2v) is 8.93. The largest absolute Gasteiger partial charge is 0.329 e. The van der Waals surface area contributed by atoms with Crippen LogP contribution in [0.25, 0.3) is 0 Å². The van der Waals surface area contributed by atoms with Crippen molar-refractivity contribution in [3.63, 3.8) is 0 Å². The topological polar surface area (TPSA) is 31.2 Å². The highest BCUT2D eigenvalue weighted by Gasteiger charge is 2.41. The fourth-order valence-electron chi connectivity index (χ4n) is 4.57. The Kier molecular flexibility index (Phi) is 5.57. The Balaban J connectivity index is 1.82. The molecule has 1 unspecified atom stereocenters. The standard InChI is InChI=1S/C27H32N4/c1-17-8-10-24(11-9-17)27-26(20(4)23-12-13-23)19(3)21(5)31(27)25-14-18(2)15-30(16-25)22(6)29-28-7/h8-11,14,16,23,27H,4-5,7,12-13,15H2,1-3,6H3/b29-22-. The van der Waals surface area contributed by atoms with Gasteiger partial charge < -0.3 is 9.80 Å². The number of hydrogen-bond acceptors (Lipinski definition) is 3. The van der Waals surface area contributed by atoms with Gasteiger partial charge in [0.15, 0.2) is 0 Å². The monoisotopic (exact) mass is 412 g/mol. The second kappa shape index (κ2) is 8.18. The first-order valence-corrected chi connectivity index (χ1v) is 10.9. The first-order chi connectivity index (χ1) is 14.8. The summed E-state index contributed by atoms with van der Waals surface area (Å²) in [5.74, 6) is 1.43.